The molecular formula is C9H6BrF3O3. The molecule has 88 valence electrons. The minimum absolute atomic E-state index is 0.000520. The molecule has 1 rings (SSSR count). The Labute approximate surface area is 97.0 Å². The first-order chi connectivity index (χ1) is 7.41. The van der Waals surface area contributed by atoms with Crippen LogP contribution in [0.3, 0.4) is 0 Å². The van der Waals surface area contributed by atoms with E-state index in [4.69, 9.17) is 5.11 Å². The molecule has 0 saturated heterocycles. The molecule has 0 amide bonds. The Hall–Kier alpha value is -1.24. The maximum Gasteiger partial charge on any atom is 0.387 e. The van der Waals surface area contributed by atoms with Crippen LogP contribution < -0.4 is 4.74 Å². The van der Waals surface area contributed by atoms with Gasteiger partial charge >= 0.3 is 12.6 Å². The molecule has 1 N–H and O–H groups in total. The maximum absolute atomic E-state index is 13.5. The number of ether oxygens (including phenoxy) is 1. The number of carbonyl (C=O) groups is 1. The van der Waals surface area contributed by atoms with Crippen molar-refractivity contribution in [2.75, 3.05) is 0 Å². The van der Waals surface area contributed by atoms with Gasteiger partial charge in [-0.3, -0.25) is 4.79 Å². The third-order valence-electron chi connectivity index (χ3n) is 1.68. The van der Waals surface area contributed by atoms with Crippen molar-refractivity contribution < 1.29 is 27.8 Å². The highest BCUT2D eigenvalue weighted by Gasteiger charge is 2.18. The quantitative estimate of drug-likeness (QED) is 0.930. The lowest BCUT2D eigenvalue weighted by molar-refractivity contribution is -0.136. The number of benzene rings is 1. The monoisotopic (exact) mass is 298 g/mol. The van der Waals surface area contributed by atoms with E-state index in [1.807, 2.05) is 0 Å². The van der Waals surface area contributed by atoms with E-state index in [1.165, 1.54) is 12.1 Å². The molecule has 0 aliphatic carbocycles. The predicted molar refractivity (Wildman–Crippen MR) is 52.1 cm³/mol. The second-order valence-electron chi connectivity index (χ2n) is 2.80. The van der Waals surface area contributed by atoms with Gasteiger partial charge in [0.05, 0.1) is 10.9 Å². The maximum atomic E-state index is 13.5. The van der Waals surface area contributed by atoms with Crippen LogP contribution in [0.15, 0.2) is 16.6 Å². The largest absolute Gasteiger partial charge is 0.481 e. The van der Waals surface area contributed by atoms with Crippen molar-refractivity contribution in [3.05, 3.63) is 28.0 Å². The number of carboxylic acid groups (broad SMARTS) is 1. The lowest BCUT2D eigenvalue weighted by atomic mass is 10.1. The molecule has 3 nitrogen and oxygen atoms in total. The Morgan fingerprint density at radius 3 is 2.62 bits per heavy atom. The summed E-state index contributed by atoms with van der Waals surface area (Å²) in [5, 5.41) is 8.47. The molecule has 0 unspecified atom stereocenters. The minimum atomic E-state index is -3.18. The van der Waals surface area contributed by atoms with Gasteiger partial charge in [-0.2, -0.15) is 8.78 Å². The summed E-state index contributed by atoms with van der Waals surface area (Å²) in [6.45, 7) is -3.18. The van der Waals surface area contributed by atoms with Crippen LogP contribution >= 0.6 is 15.9 Å². The van der Waals surface area contributed by atoms with Crippen molar-refractivity contribution >= 4 is 21.9 Å². The van der Waals surface area contributed by atoms with Gasteiger partial charge in [0, 0.05) is 5.56 Å². The molecular weight excluding hydrogens is 293 g/mol. The van der Waals surface area contributed by atoms with Crippen molar-refractivity contribution in [3.63, 3.8) is 0 Å². The smallest absolute Gasteiger partial charge is 0.387 e. The summed E-state index contributed by atoms with van der Waals surface area (Å²) < 4.78 is 41.3. The van der Waals surface area contributed by atoms with Gasteiger partial charge in [0.2, 0.25) is 0 Å². The molecule has 1 aromatic carbocycles. The molecule has 0 bridgehead atoms. The van der Waals surface area contributed by atoms with E-state index in [0.29, 0.717) is 0 Å². The number of rotatable bonds is 4. The number of carboxylic acids is 1. The molecule has 0 atom stereocenters. The number of hydrogen-bond acceptors (Lipinski definition) is 2. The highest BCUT2D eigenvalue weighted by molar-refractivity contribution is 9.10. The fourth-order valence-corrected chi connectivity index (χ4v) is 1.47. The SMILES string of the molecule is O=C(O)Cc1ccc(Br)c(OC(F)F)c1F. The summed E-state index contributed by atoms with van der Waals surface area (Å²) in [5.74, 6) is -3.05. The van der Waals surface area contributed by atoms with Crippen LogP contribution in [0.25, 0.3) is 0 Å². The van der Waals surface area contributed by atoms with Crippen molar-refractivity contribution in [2.45, 2.75) is 13.0 Å². The number of hydrogen-bond donors (Lipinski definition) is 1. The predicted octanol–water partition coefficient (Wildman–Crippen LogP) is 2.82. The Morgan fingerprint density at radius 2 is 2.12 bits per heavy atom. The molecule has 0 aliphatic rings. The molecule has 7 heteroatoms. The number of alkyl halides is 2. The van der Waals surface area contributed by atoms with Crippen LogP contribution in [-0.4, -0.2) is 17.7 Å². The zero-order chi connectivity index (χ0) is 12.3. The average molecular weight is 299 g/mol. The molecule has 0 spiro atoms. The highest BCUT2D eigenvalue weighted by Crippen LogP contribution is 2.31. The normalized spacial score (nSPS) is 10.6. The summed E-state index contributed by atoms with van der Waals surface area (Å²) in [5.41, 5.74) is -0.216. The van der Waals surface area contributed by atoms with Crippen LogP contribution in [0.4, 0.5) is 13.2 Å². The van der Waals surface area contributed by atoms with Gasteiger partial charge < -0.3 is 9.84 Å². The summed E-state index contributed by atoms with van der Waals surface area (Å²) in [6, 6.07) is 2.44. The summed E-state index contributed by atoms with van der Waals surface area (Å²) in [6.07, 6.45) is -0.599. The first-order valence-electron chi connectivity index (χ1n) is 4.05. The van der Waals surface area contributed by atoms with Gasteiger partial charge in [0.1, 0.15) is 0 Å². The van der Waals surface area contributed by atoms with Crippen molar-refractivity contribution in [3.8, 4) is 5.75 Å². The van der Waals surface area contributed by atoms with E-state index in [9.17, 15) is 18.0 Å². The minimum Gasteiger partial charge on any atom is -0.481 e. The first-order valence-corrected chi connectivity index (χ1v) is 4.84. The van der Waals surface area contributed by atoms with E-state index in [0.717, 1.165) is 0 Å². The Kier molecular flexibility index (Phi) is 4.17. The third-order valence-corrected chi connectivity index (χ3v) is 2.30. The summed E-state index contributed by atoms with van der Waals surface area (Å²) in [7, 11) is 0. The number of aliphatic carboxylic acids is 1. The average Bonchev–Trinajstić information content (AvgIpc) is 2.16. The molecule has 0 saturated carbocycles. The van der Waals surface area contributed by atoms with E-state index in [-0.39, 0.29) is 10.0 Å². The van der Waals surface area contributed by atoms with Crippen molar-refractivity contribution in [2.24, 2.45) is 0 Å². The Balaban J connectivity index is 3.10. The zero-order valence-corrected chi connectivity index (χ0v) is 9.30. The second kappa shape index (κ2) is 5.20. The Bertz CT molecular complexity index is 409. The molecule has 0 aromatic heterocycles. The lowest BCUT2D eigenvalue weighted by Crippen LogP contribution is -2.08. The van der Waals surface area contributed by atoms with Gasteiger partial charge in [0.15, 0.2) is 11.6 Å². The second-order valence-corrected chi connectivity index (χ2v) is 3.65. The third kappa shape index (κ3) is 3.13. The lowest BCUT2D eigenvalue weighted by Gasteiger charge is -2.10. The van der Waals surface area contributed by atoms with Crippen LogP contribution in [0.2, 0.25) is 0 Å². The molecule has 0 heterocycles. The van der Waals surface area contributed by atoms with Crippen LogP contribution in [-0.2, 0) is 11.2 Å². The van der Waals surface area contributed by atoms with Crippen LogP contribution in [0, 0.1) is 5.82 Å². The molecule has 0 aliphatic heterocycles. The fraction of sp³-hybridized carbons (Fsp3) is 0.222. The fourth-order valence-electron chi connectivity index (χ4n) is 1.07. The van der Waals surface area contributed by atoms with Crippen molar-refractivity contribution in [1.29, 1.82) is 0 Å². The van der Waals surface area contributed by atoms with E-state index >= 15 is 0 Å². The first kappa shape index (κ1) is 12.8. The molecule has 16 heavy (non-hydrogen) atoms. The topological polar surface area (TPSA) is 46.5 Å². The van der Waals surface area contributed by atoms with Gasteiger partial charge in [-0.15, -0.1) is 0 Å². The van der Waals surface area contributed by atoms with Gasteiger partial charge in [0.25, 0.3) is 0 Å². The highest BCUT2D eigenvalue weighted by atomic mass is 79.9. The van der Waals surface area contributed by atoms with E-state index in [2.05, 4.69) is 20.7 Å². The van der Waals surface area contributed by atoms with Crippen LogP contribution in [0.5, 0.6) is 5.75 Å². The zero-order valence-electron chi connectivity index (χ0n) is 7.71. The van der Waals surface area contributed by atoms with E-state index in [1.54, 1.807) is 0 Å². The van der Waals surface area contributed by atoms with E-state index < -0.39 is 30.6 Å². The molecule has 1 aromatic rings. The standard InChI is InChI=1S/C9H6BrF3O3/c10-5-2-1-4(3-6(14)15)7(11)8(5)16-9(12)13/h1-2,9H,3H2,(H,14,15). The summed E-state index contributed by atoms with van der Waals surface area (Å²) in [4.78, 5) is 10.4. The van der Waals surface area contributed by atoms with Gasteiger partial charge in [-0.05, 0) is 22.0 Å². The van der Waals surface area contributed by atoms with Crippen molar-refractivity contribution in [1.82, 2.24) is 0 Å². The number of halogens is 4. The molecule has 0 radical (unpaired) electrons. The van der Waals surface area contributed by atoms with Gasteiger partial charge in [-0.1, -0.05) is 6.07 Å². The molecule has 0 fully saturated rings. The van der Waals surface area contributed by atoms with Gasteiger partial charge in [-0.25, -0.2) is 4.39 Å². The van der Waals surface area contributed by atoms with Crippen LogP contribution in [0.1, 0.15) is 5.56 Å². The Morgan fingerprint density at radius 1 is 1.50 bits per heavy atom. The summed E-state index contributed by atoms with van der Waals surface area (Å²) >= 11 is 2.83.